The zero-order chi connectivity index (χ0) is 25.9. The van der Waals surface area contributed by atoms with Gasteiger partial charge < -0.3 is 0 Å². The molecule has 0 saturated carbocycles. The van der Waals surface area contributed by atoms with Crippen molar-refractivity contribution in [3.63, 3.8) is 0 Å². The summed E-state index contributed by atoms with van der Waals surface area (Å²) in [5.74, 6) is 0.712. The Hall–Kier alpha value is -4.93. The number of benzene rings is 6. The van der Waals surface area contributed by atoms with E-state index in [-0.39, 0.29) is 0 Å². The smallest absolute Gasteiger partial charge is 0.235 e. The van der Waals surface area contributed by atoms with E-state index in [0.29, 0.717) is 5.95 Å². The van der Waals surface area contributed by atoms with E-state index < -0.39 is 0 Å². The summed E-state index contributed by atoms with van der Waals surface area (Å²) in [5.41, 5.74) is 10.7. The molecular weight excluding hydrogens is 506 g/mol. The van der Waals surface area contributed by atoms with Crippen molar-refractivity contribution in [2.45, 2.75) is 9.79 Å². The van der Waals surface area contributed by atoms with Gasteiger partial charge in [0.05, 0.1) is 22.2 Å². The van der Waals surface area contributed by atoms with Gasteiger partial charge in [-0.25, -0.2) is 9.97 Å². The van der Waals surface area contributed by atoms with Gasteiger partial charge in [0.1, 0.15) is 0 Å². The molecule has 3 heterocycles. The third-order valence-corrected chi connectivity index (χ3v) is 9.67. The summed E-state index contributed by atoms with van der Waals surface area (Å²) < 4.78 is 2.30. The van der Waals surface area contributed by atoms with Crippen molar-refractivity contribution in [3.8, 4) is 39.5 Å². The van der Waals surface area contributed by atoms with Crippen LogP contribution < -0.4 is 0 Å². The summed E-state index contributed by atoms with van der Waals surface area (Å²) in [4.78, 5) is 13.0. The van der Waals surface area contributed by atoms with Crippen LogP contribution in [0.4, 0.5) is 0 Å². The van der Waals surface area contributed by atoms with Gasteiger partial charge in [-0.05, 0) is 58.0 Å². The first-order valence-electron chi connectivity index (χ1n) is 13.5. The maximum Gasteiger partial charge on any atom is 0.235 e. The molecule has 0 amide bonds. The van der Waals surface area contributed by atoms with E-state index in [9.17, 15) is 0 Å². The number of para-hydroxylation sites is 1. The van der Waals surface area contributed by atoms with Crippen molar-refractivity contribution in [1.82, 2.24) is 14.5 Å². The highest BCUT2D eigenvalue weighted by Crippen LogP contribution is 2.51. The summed E-state index contributed by atoms with van der Waals surface area (Å²) in [5, 5.41) is 6.13. The third-order valence-electron chi connectivity index (χ3n) is 8.53. The highest BCUT2D eigenvalue weighted by Gasteiger charge is 2.27. The average molecular weight is 526 g/mol. The van der Waals surface area contributed by atoms with E-state index in [1.807, 2.05) is 0 Å². The van der Waals surface area contributed by atoms with Crippen LogP contribution in [0, 0.1) is 0 Å². The molecule has 0 radical (unpaired) electrons. The molecule has 0 fully saturated rings. The quantitative estimate of drug-likeness (QED) is 0.214. The van der Waals surface area contributed by atoms with E-state index in [1.165, 1.54) is 59.2 Å². The van der Waals surface area contributed by atoms with Crippen LogP contribution in [-0.2, 0) is 0 Å². The van der Waals surface area contributed by atoms with Gasteiger partial charge >= 0.3 is 0 Å². The molecular formula is C36H19N3S. The molecule has 40 heavy (non-hydrogen) atoms. The molecule has 6 aromatic carbocycles. The molecule has 1 aliphatic carbocycles. The molecule has 3 nitrogen and oxygen atoms in total. The highest BCUT2D eigenvalue weighted by molar-refractivity contribution is 7.99. The van der Waals surface area contributed by atoms with Crippen LogP contribution >= 0.6 is 11.8 Å². The number of nitrogens with zero attached hydrogens (tertiary/aromatic N) is 3. The minimum absolute atomic E-state index is 0.712. The first-order chi connectivity index (χ1) is 19.8. The lowest BCUT2D eigenvalue weighted by Gasteiger charge is -2.20. The monoisotopic (exact) mass is 525 g/mol. The van der Waals surface area contributed by atoms with E-state index in [0.717, 1.165) is 27.6 Å². The second-order valence-electron chi connectivity index (χ2n) is 10.6. The molecule has 0 unspecified atom stereocenters. The zero-order valence-corrected chi connectivity index (χ0v) is 22.0. The van der Waals surface area contributed by atoms with Crippen molar-refractivity contribution in [2.24, 2.45) is 0 Å². The van der Waals surface area contributed by atoms with Crippen LogP contribution in [-0.4, -0.2) is 14.5 Å². The summed E-state index contributed by atoms with van der Waals surface area (Å²) in [7, 11) is 0. The first kappa shape index (κ1) is 21.0. The Morgan fingerprint density at radius 3 is 2.12 bits per heavy atom. The molecule has 10 rings (SSSR count). The summed E-state index contributed by atoms with van der Waals surface area (Å²) in [6.45, 7) is 0. The standard InChI is InChI=1S/C36H19N3S/c1-2-10-21-20(9-1)23-13-7-14-25-32(23)26(21)19-27-22-11-3-5-16-29(22)39(35(25)27)36-37-28-15-8-18-31-33(28)34(38-36)24-12-4-6-17-30(24)40-31/h1-19H. The van der Waals surface area contributed by atoms with Crippen LogP contribution in [0.3, 0.4) is 0 Å². The molecule has 2 aromatic heterocycles. The average Bonchev–Trinajstić information content (AvgIpc) is 3.52. The fourth-order valence-corrected chi connectivity index (χ4v) is 8.03. The predicted molar refractivity (Wildman–Crippen MR) is 165 cm³/mol. The molecule has 0 spiro atoms. The fourth-order valence-electron chi connectivity index (χ4n) is 6.92. The lowest BCUT2D eigenvalue weighted by Crippen LogP contribution is -2.05. The van der Waals surface area contributed by atoms with Gasteiger partial charge in [-0.15, -0.1) is 0 Å². The largest absolute Gasteiger partial charge is 0.277 e. The van der Waals surface area contributed by atoms with Crippen LogP contribution in [0.2, 0.25) is 0 Å². The first-order valence-corrected chi connectivity index (χ1v) is 14.3. The Labute approximate surface area is 233 Å². The van der Waals surface area contributed by atoms with Crippen molar-refractivity contribution in [1.29, 1.82) is 0 Å². The van der Waals surface area contributed by atoms with E-state index in [2.05, 4.69) is 120 Å². The molecule has 8 aromatic rings. The Morgan fingerprint density at radius 2 is 1.20 bits per heavy atom. The van der Waals surface area contributed by atoms with Gasteiger partial charge in [-0.3, -0.25) is 4.57 Å². The minimum atomic E-state index is 0.712. The molecule has 184 valence electrons. The maximum atomic E-state index is 5.36. The number of hydrogen-bond acceptors (Lipinski definition) is 3. The molecule has 2 aliphatic rings. The van der Waals surface area contributed by atoms with Gasteiger partial charge in [0.25, 0.3) is 0 Å². The van der Waals surface area contributed by atoms with E-state index in [4.69, 9.17) is 9.97 Å². The van der Waals surface area contributed by atoms with Gasteiger partial charge in [-0.1, -0.05) is 96.7 Å². The number of fused-ring (bicyclic) bond motifs is 9. The van der Waals surface area contributed by atoms with Gasteiger partial charge in [0, 0.05) is 36.9 Å². The molecule has 0 bridgehead atoms. The maximum absolute atomic E-state index is 5.36. The lowest BCUT2D eigenvalue weighted by atomic mass is 9.99. The molecule has 0 atom stereocenters. The van der Waals surface area contributed by atoms with Gasteiger partial charge in [0.2, 0.25) is 5.95 Å². The summed E-state index contributed by atoms with van der Waals surface area (Å²) in [6, 6.07) is 41.5. The lowest BCUT2D eigenvalue weighted by molar-refractivity contribution is 1.01. The zero-order valence-electron chi connectivity index (χ0n) is 21.2. The SMILES string of the molecule is c1ccc2c(c1)Sc1cccc3nc(-n4c5ccccc5c5cc6c7c(cccc7c54)-c4ccccc4-6)nc-2c13. The molecule has 0 N–H and O–H groups in total. The molecule has 1 aliphatic heterocycles. The molecule has 0 saturated heterocycles. The third kappa shape index (κ3) is 2.52. The van der Waals surface area contributed by atoms with Crippen molar-refractivity contribution >= 4 is 55.2 Å². The minimum Gasteiger partial charge on any atom is -0.277 e. The molecule has 4 heteroatoms. The summed E-state index contributed by atoms with van der Waals surface area (Å²) in [6.07, 6.45) is 0. The van der Waals surface area contributed by atoms with Crippen molar-refractivity contribution in [3.05, 3.63) is 115 Å². The number of hydrogen-bond donors (Lipinski definition) is 0. The Bertz CT molecular complexity index is 2420. The van der Waals surface area contributed by atoms with Crippen LogP contribution in [0.5, 0.6) is 0 Å². The second-order valence-corrected chi connectivity index (χ2v) is 11.7. The van der Waals surface area contributed by atoms with E-state index >= 15 is 0 Å². The second kappa shape index (κ2) is 7.38. The fraction of sp³-hybridized carbons (Fsp3) is 0. The van der Waals surface area contributed by atoms with Gasteiger partial charge in [0.15, 0.2) is 0 Å². The topological polar surface area (TPSA) is 30.7 Å². The highest BCUT2D eigenvalue weighted by atomic mass is 32.2. The predicted octanol–water partition coefficient (Wildman–Crippen LogP) is 9.66. The van der Waals surface area contributed by atoms with Crippen LogP contribution in [0.25, 0.3) is 82.9 Å². The Kier molecular flexibility index (Phi) is 3.87. The van der Waals surface area contributed by atoms with Crippen LogP contribution in [0.15, 0.2) is 125 Å². The Morgan fingerprint density at radius 1 is 0.500 bits per heavy atom. The van der Waals surface area contributed by atoms with Crippen molar-refractivity contribution < 1.29 is 0 Å². The number of aromatic nitrogens is 3. The Balaban J connectivity index is 1.40. The summed E-state index contributed by atoms with van der Waals surface area (Å²) >= 11 is 1.80. The van der Waals surface area contributed by atoms with Gasteiger partial charge in [-0.2, -0.15) is 0 Å². The number of rotatable bonds is 1. The van der Waals surface area contributed by atoms with E-state index in [1.54, 1.807) is 11.8 Å². The van der Waals surface area contributed by atoms with Crippen LogP contribution in [0.1, 0.15) is 0 Å². The normalized spacial score (nSPS) is 12.9. The van der Waals surface area contributed by atoms with Crippen molar-refractivity contribution in [2.75, 3.05) is 0 Å².